The van der Waals surface area contributed by atoms with Gasteiger partial charge in [-0.2, -0.15) is 0 Å². The Morgan fingerprint density at radius 1 is 1.08 bits per heavy atom. The molecule has 194 valence electrons. The van der Waals surface area contributed by atoms with E-state index in [-0.39, 0.29) is 30.7 Å². The van der Waals surface area contributed by atoms with Crippen LogP contribution in [0.5, 0.6) is 0 Å². The number of carbonyl (C=O) groups is 3. The number of amides is 3. The molecule has 10 heteroatoms. The fourth-order valence-electron chi connectivity index (χ4n) is 4.43. The van der Waals surface area contributed by atoms with Crippen LogP contribution in [-0.4, -0.2) is 97.7 Å². The quantitative estimate of drug-likeness (QED) is 0.548. The fourth-order valence-corrected chi connectivity index (χ4v) is 4.43. The molecule has 0 bridgehead atoms. The van der Waals surface area contributed by atoms with E-state index in [4.69, 9.17) is 4.74 Å². The van der Waals surface area contributed by atoms with Gasteiger partial charge in [0, 0.05) is 33.7 Å². The van der Waals surface area contributed by atoms with Gasteiger partial charge in [0.05, 0.1) is 19.7 Å². The Morgan fingerprint density at radius 3 is 2.39 bits per heavy atom. The van der Waals surface area contributed by atoms with Gasteiger partial charge in [-0.25, -0.2) is 9.40 Å². The smallest absolute Gasteiger partial charge is 0.246 e. The number of halogens is 1. The van der Waals surface area contributed by atoms with E-state index in [2.05, 4.69) is 5.32 Å². The van der Waals surface area contributed by atoms with E-state index in [1.54, 1.807) is 41.1 Å². The first-order valence-corrected chi connectivity index (χ1v) is 11.9. The van der Waals surface area contributed by atoms with Crippen molar-refractivity contribution in [2.45, 2.75) is 25.2 Å². The van der Waals surface area contributed by atoms with Crippen LogP contribution >= 0.6 is 0 Å². The molecule has 2 atom stereocenters. The second kappa shape index (κ2) is 13.1. The van der Waals surface area contributed by atoms with E-state index < -0.39 is 12.2 Å². The van der Waals surface area contributed by atoms with Crippen LogP contribution in [0, 0.1) is 5.82 Å². The average Bonchev–Trinajstić information content (AvgIpc) is 2.87. The first-order chi connectivity index (χ1) is 17.4. The molecular weight excluding hydrogens is 465 g/mol. The molecule has 2 aromatic rings. The molecule has 2 fully saturated rings. The normalized spacial score (nSPS) is 20.1. The van der Waals surface area contributed by atoms with Gasteiger partial charge in [-0.3, -0.25) is 19.4 Å². The number of hydrazine groups is 1. The van der Waals surface area contributed by atoms with Crippen molar-refractivity contribution < 1.29 is 23.5 Å². The average molecular weight is 500 g/mol. The number of fused-ring (bicyclic) bond motifs is 1. The summed E-state index contributed by atoms with van der Waals surface area (Å²) in [7, 11) is 5.15. The third-order valence-corrected chi connectivity index (χ3v) is 6.23. The topological polar surface area (TPSA) is 85.4 Å². The predicted octanol–water partition coefficient (Wildman–Crippen LogP) is 1.10. The van der Waals surface area contributed by atoms with Crippen molar-refractivity contribution in [3.8, 4) is 0 Å². The number of methoxy groups -OCH3 is 1. The maximum absolute atomic E-state index is 13.1. The summed E-state index contributed by atoms with van der Waals surface area (Å²) in [6.07, 6.45) is 0.637. The predicted molar refractivity (Wildman–Crippen MR) is 133 cm³/mol. The van der Waals surface area contributed by atoms with Crippen molar-refractivity contribution in [3.05, 3.63) is 71.5 Å². The molecule has 4 rings (SSSR count). The Hall–Kier alpha value is -3.34. The van der Waals surface area contributed by atoms with Crippen molar-refractivity contribution in [1.29, 1.82) is 0 Å². The third kappa shape index (κ3) is 6.66. The number of hydrogen-bond donors (Lipinski definition) is 1. The number of piperazine rings is 1. The summed E-state index contributed by atoms with van der Waals surface area (Å²) >= 11 is 0. The molecule has 0 radical (unpaired) electrons. The Bertz CT molecular complexity index is 1010. The summed E-state index contributed by atoms with van der Waals surface area (Å²) in [5.41, 5.74) is 2.08. The van der Waals surface area contributed by atoms with Crippen molar-refractivity contribution in [2.24, 2.45) is 0 Å². The lowest BCUT2D eigenvalue weighted by Crippen LogP contribution is -2.74. The minimum atomic E-state index is -0.628. The summed E-state index contributed by atoms with van der Waals surface area (Å²) in [5, 5.41) is 6.07. The zero-order valence-electron chi connectivity index (χ0n) is 21.0. The molecule has 3 amide bonds. The van der Waals surface area contributed by atoms with E-state index in [9.17, 15) is 18.8 Å². The summed E-state index contributed by atoms with van der Waals surface area (Å²) < 4.78 is 17.4. The largest absolute Gasteiger partial charge is 0.383 e. The lowest BCUT2D eigenvalue weighted by Gasteiger charge is -2.53. The molecule has 2 aliphatic rings. The van der Waals surface area contributed by atoms with Gasteiger partial charge in [0.2, 0.25) is 18.2 Å². The first-order valence-electron chi connectivity index (χ1n) is 11.9. The first kappa shape index (κ1) is 27.3. The van der Waals surface area contributed by atoms with E-state index in [1.807, 2.05) is 37.4 Å². The summed E-state index contributed by atoms with van der Waals surface area (Å²) in [5.74, 6) is -0.429. The van der Waals surface area contributed by atoms with Gasteiger partial charge in [-0.05, 0) is 30.3 Å². The Kier molecular flexibility index (Phi) is 9.92. The molecule has 1 unspecified atom stereocenters. The SMILES string of the molecule is CNCc1ccc(F)cc1.COCCN1CC2N(C(=O)CN(C)N2C=O)[C@@H](Cc2ccccc2)C1=O. The number of likely N-dealkylation sites (N-methyl/N-ethyl adjacent to an activating group) is 1. The molecule has 2 heterocycles. The van der Waals surface area contributed by atoms with Crippen LogP contribution in [0.4, 0.5) is 4.39 Å². The number of rotatable bonds is 8. The van der Waals surface area contributed by atoms with Crippen LogP contribution in [0.1, 0.15) is 11.1 Å². The van der Waals surface area contributed by atoms with Gasteiger partial charge in [0.25, 0.3) is 0 Å². The molecule has 36 heavy (non-hydrogen) atoms. The number of benzene rings is 2. The van der Waals surface area contributed by atoms with Crippen LogP contribution in [-0.2, 0) is 32.1 Å². The molecule has 0 aliphatic carbocycles. The van der Waals surface area contributed by atoms with Crippen molar-refractivity contribution in [1.82, 2.24) is 25.1 Å². The lowest BCUT2D eigenvalue weighted by atomic mass is 9.99. The Balaban J connectivity index is 0.000000303. The maximum atomic E-state index is 13.1. The highest BCUT2D eigenvalue weighted by atomic mass is 19.1. The van der Waals surface area contributed by atoms with Crippen molar-refractivity contribution in [3.63, 3.8) is 0 Å². The zero-order chi connectivity index (χ0) is 26.1. The van der Waals surface area contributed by atoms with E-state index in [0.717, 1.165) is 17.7 Å². The molecule has 2 saturated heterocycles. The molecular formula is C26H34FN5O4. The van der Waals surface area contributed by atoms with Gasteiger partial charge in [0.15, 0.2) is 0 Å². The minimum absolute atomic E-state index is 0.0753. The van der Waals surface area contributed by atoms with Crippen molar-refractivity contribution >= 4 is 18.2 Å². The van der Waals surface area contributed by atoms with E-state index >= 15 is 0 Å². The number of ether oxygens (including phenoxy) is 1. The van der Waals surface area contributed by atoms with E-state index in [0.29, 0.717) is 26.0 Å². The number of carbonyl (C=O) groups excluding carboxylic acids is 3. The lowest BCUT2D eigenvalue weighted by molar-refractivity contribution is -0.196. The highest BCUT2D eigenvalue weighted by molar-refractivity contribution is 5.91. The van der Waals surface area contributed by atoms with Crippen molar-refractivity contribution in [2.75, 3.05) is 47.4 Å². The number of nitrogens with zero attached hydrogens (tertiary/aromatic N) is 4. The number of nitrogens with one attached hydrogen (secondary N) is 1. The van der Waals surface area contributed by atoms with E-state index in [1.165, 1.54) is 17.1 Å². The molecule has 9 nitrogen and oxygen atoms in total. The van der Waals surface area contributed by atoms with Gasteiger partial charge in [-0.15, -0.1) is 0 Å². The highest BCUT2D eigenvalue weighted by Gasteiger charge is 2.48. The van der Waals surface area contributed by atoms with Gasteiger partial charge < -0.3 is 19.9 Å². The summed E-state index contributed by atoms with van der Waals surface area (Å²) in [6, 6.07) is 15.4. The van der Waals surface area contributed by atoms with Crippen LogP contribution < -0.4 is 5.32 Å². The second-order valence-corrected chi connectivity index (χ2v) is 8.72. The number of hydrogen-bond acceptors (Lipinski definition) is 6. The molecule has 2 aromatic carbocycles. The summed E-state index contributed by atoms with van der Waals surface area (Å²) in [4.78, 5) is 40.7. The molecule has 0 saturated carbocycles. The Morgan fingerprint density at radius 2 is 1.78 bits per heavy atom. The van der Waals surface area contributed by atoms with Crippen LogP contribution in [0.25, 0.3) is 0 Å². The second-order valence-electron chi connectivity index (χ2n) is 8.72. The molecule has 0 aromatic heterocycles. The van der Waals surface area contributed by atoms with Crippen LogP contribution in [0.15, 0.2) is 54.6 Å². The zero-order valence-corrected chi connectivity index (χ0v) is 21.0. The standard InChI is InChI=1S/C18H24N4O4.C8H10FN/c1-19-12-17(24)22-15(10-14-6-4-3-5-7-14)18(25)20(8-9-26-2)11-16(22)21(19)13-23;1-10-6-7-2-4-8(9)5-3-7/h3-7,13,15-16H,8-12H2,1-2H3;2-5,10H,6H2,1H3/t15-,16?;/m0./s1. The van der Waals surface area contributed by atoms with Crippen LogP contribution in [0.2, 0.25) is 0 Å². The van der Waals surface area contributed by atoms with Crippen LogP contribution in [0.3, 0.4) is 0 Å². The monoisotopic (exact) mass is 499 g/mol. The molecule has 2 aliphatic heterocycles. The summed E-state index contributed by atoms with van der Waals surface area (Å²) in [6.45, 7) is 1.98. The van der Waals surface area contributed by atoms with Gasteiger partial charge >= 0.3 is 0 Å². The Labute approximate surface area is 211 Å². The minimum Gasteiger partial charge on any atom is -0.383 e. The molecule has 0 spiro atoms. The fraction of sp³-hybridized carbons (Fsp3) is 0.423. The highest BCUT2D eigenvalue weighted by Crippen LogP contribution is 2.26. The molecule has 1 N–H and O–H groups in total. The maximum Gasteiger partial charge on any atom is 0.246 e. The van der Waals surface area contributed by atoms with Gasteiger partial charge in [0.1, 0.15) is 18.0 Å². The van der Waals surface area contributed by atoms with Gasteiger partial charge in [-0.1, -0.05) is 42.5 Å². The third-order valence-electron chi connectivity index (χ3n) is 6.23.